The highest BCUT2D eigenvalue weighted by atomic mass is 19.2. The number of rotatable bonds is 3. The van der Waals surface area contributed by atoms with Crippen molar-refractivity contribution in [3.63, 3.8) is 0 Å². The first kappa shape index (κ1) is 23.5. The largest absolute Gasteiger partial charge is 0.583 e. The summed E-state index contributed by atoms with van der Waals surface area (Å²) >= 11 is 0. The summed E-state index contributed by atoms with van der Waals surface area (Å²) in [6.45, 7) is 8.19. The Morgan fingerprint density at radius 2 is 1.27 bits per heavy atom. The van der Waals surface area contributed by atoms with Gasteiger partial charge in [-0.05, 0) is 57.4 Å². The first-order valence-electron chi connectivity index (χ1n) is 11.0. The van der Waals surface area contributed by atoms with Crippen molar-refractivity contribution in [3.8, 4) is 0 Å². The summed E-state index contributed by atoms with van der Waals surface area (Å²) in [4.78, 5) is 0. The van der Waals surface area contributed by atoms with Crippen LogP contribution in [0.25, 0.3) is 5.57 Å². The third-order valence-electron chi connectivity index (χ3n) is 7.41. The van der Waals surface area contributed by atoms with E-state index in [1.54, 1.807) is 34.6 Å². The highest BCUT2D eigenvalue weighted by Crippen LogP contribution is 2.44. The van der Waals surface area contributed by atoms with Crippen LogP contribution in [0.5, 0.6) is 0 Å². The SMILES string of the molecule is CCC1=C(C)C2=C(C)c3c(C)c(CC)c(C)n3[B@-](F)(c3c(F)c(F)c(F)c(F)c3F)[N+]2=C1C. The van der Waals surface area contributed by atoms with Crippen molar-refractivity contribution in [2.45, 2.75) is 61.3 Å². The number of hydrogen-bond acceptors (Lipinski definition) is 0. The number of hydrogen-bond donors (Lipinski definition) is 0. The molecule has 2 nitrogen and oxygen atoms in total. The molecule has 3 heterocycles. The van der Waals surface area contributed by atoms with E-state index >= 15 is 13.1 Å². The fraction of sp³-hybridized carbons (Fsp3) is 0.375. The van der Waals surface area contributed by atoms with Crippen LogP contribution in [-0.4, -0.2) is 21.4 Å². The summed E-state index contributed by atoms with van der Waals surface area (Å²) in [6.07, 6.45) is 1.03. The van der Waals surface area contributed by atoms with Crippen LogP contribution in [0.4, 0.5) is 26.3 Å². The summed E-state index contributed by atoms with van der Waals surface area (Å²) in [6, 6.07) is 0. The molecule has 0 saturated carbocycles. The maximum atomic E-state index is 17.7. The molecule has 0 fully saturated rings. The third-order valence-corrected chi connectivity index (χ3v) is 7.41. The second-order valence-corrected chi connectivity index (χ2v) is 8.81. The van der Waals surface area contributed by atoms with E-state index in [0.29, 0.717) is 41.2 Å². The van der Waals surface area contributed by atoms with Gasteiger partial charge in [-0.3, -0.25) is 0 Å². The number of aromatic nitrogens is 1. The Hall–Kier alpha value is -2.71. The van der Waals surface area contributed by atoms with Crippen LogP contribution in [0, 0.1) is 42.9 Å². The lowest BCUT2D eigenvalue weighted by Gasteiger charge is -2.39. The Kier molecular flexibility index (Phi) is 5.26. The van der Waals surface area contributed by atoms with Gasteiger partial charge in [-0.2, -0.15) is 0 Å². The van der Waals surface area contributed by atoms with Crippen molar-refractivity contribution >= 4 is 23.4 Å². The Bertz CT molecular complexity index is 1320. The molecule has 2 aliphatic rings. The Balaban J connectivity index is 2.30. The molecule has 33 heavy (non-hydrogen) atoms. The first-order chi connectivity index (χ1) is 15.4. The van der Waals surface area contributed by atoms with E-state index in [0.717, 1.165) is 31.2 Å². The van der Waals surface area contributed by atoms with Gasteiger partial charge in [0.2, 0.25) is 0 Å². The molecule has 176 valence electrons. The zero-order chi connectivity index (χ0) is 24.7. The molecule has 2 aliphatic heterocycles. The highest BCUT2D eigenvalue weighted by molar-refractivity contribution is 6.79. The van der Waals surface area contributed by atoms with Crippen molar-refractivity contribution < 1.29 is 30.8 Å². The van der Waals surface area contributed by atoms with E-state index < -0.39 is 41.2 Å². The summed E-state index contributed by atoms with van der Waals surface area (Å²) in [5, 5.41) is 0. The summed E-state index contributed by atoms with van der Waals surface area (Å²) in [5.41, 5.74) is 3.83. The summed E-state index contributed by atoms with van der Waals surface area (Å²) < 4.78 is 92.9. The average Bonchev–Trinajstić information content (AvgIpc) is 3.19. The molecule has 0 bridgehead atoms. The molecule has 9 heteroatoms. The second-order valence-electron chi connectivity index (χ2n) is 8.81. The second kappa shape index (κ2) is 7.40. The smallest absolute Gasteiger partial charge is 0.423 e. The van der Waals surface area contributed by atoms with Crippen molar-refractivity contribution in [1.29, 1.82) is 0 Å². The highest BCUT2D eigenvalue weighted by Gasteiger charge is 2.58. The minimum atomic E-state index is -4.15. The molecule has 1 atom stereocenters. The van der Waals surface area contributed by atoms with Gasteiger partial charge in [0, 0.05) is 34.8 Å². The van der Waals surface area contributed by atoms with Gasteiger partial charge in [-0.25, -0.2) is 22.0 Å². The monoisotopic (exact) mass is 466 g/mol. The van der Waals surface area contributed by atoms with Gasteiger partial charge in [0.25, 0.3) is 0 Å². The molecular weight excluding hydrogens is 441 g/mol. The molecule has 4 rings (SSSR count). The summed E-state index contributed by atoms with van der Waals surface area (Å²) in [7, 11) is 0. The predicted octanol–water partition coefficient (Wildman–Crippen LogP) is 5.98. The fourth-order valence-corrected chi connectivity index (χ4v) is 6.07. The quantitative estimate of drug-likeness (QED) is 0.228. The van der Waals surface area contributed by atoms with E-state index in [2.05, 4.69) is 0 Å². The standard InChI is InChI=1S/C24H25BF6N2/c1-8-15-10(3)23-12(5)24-11(4)16(9-2)14(7)33(24)25(31,32(23)13(15)6)17-18(26)20(28)22(30)21(29)19(17)27/h8-9H2,1-7H3. The van der Waals surface area contributed by atoms with Crippen molar-refractivity contribution in [1.82, 2.24) is 4.48 Å². The van der Waals surface area contributed by atoms with Crippen LogP contribution in [0.15, 0.2) is 16.8 Å². The lowest BCUT2D eigenvalue weighted by Crippen LogP contribution is -2.65. The third kappa shape index (κ3) is 2.62. The van der Waals surface area contributed by atoms with Gasteiger partial charge in [0.1, 0.15) is 17.3 Å². The summed E-state index contributed by atoms with van der Waals surface area (Å²) in [5.74, 6) is -10.9. The lowest BCUT2D eigenvalue weighted by atomic mass is 9.57. The number of nitrogens with zero attached hydrogens (tertiary/aromatic N) is 2. The van der Waals surface area contributed by atoms with E-state index in [1.807, 2.05) is 13.8 Å². The molecule has 0 unspecified atom stereocenters. The number of halogens is 6. The normalized spacial score (nSPS) is 20.3. The molecular formula is C24H25BF6N2. The molecule has 2 aromatic rings. The maximum absolute atomic E-state index is 17.7. The van der Waals surface area contributed by atoms with Crippen LogP contribution in [0.3, 0.4) is 0 Å². The van der Waals surface area contributed by atoms with Crippen molar-refractivity contribution in [2.75, 3.05) is 0 Å². The first-order valence-corrected chi connectivity index (χ1v) is 11.0. The van der Waals surface area contributed by atoms with Gasteiger partial charge in [-0.15, -0.1) is 0 Å². The van der Waals surface area contributed by atoms with E-state index in [1.165, 1.54) is 0 Å². The molecule has 0 aliphatic carbocycles. The average molecular weight is 466 g/mol. The van der Waals surface area contributed by atoms with E-state index in [-0.39, 0.29) is 0 Å². The van der Waals surface area contributed by atoms with Gasteiger partial charge in [0.05, 0.1) is 0 Å². The topological polar surface area (TPSA) is 7.94 Å². The van der Waals surface area contributed by atoms with E-state index in [9.17, 15) is 13.2 Å². The molecule has 1 aromatic heterocycles. The van der Waals surface area contributed by atoms with Crippen LogP contribution >= 0.6 is 0 Å². The van der Waals surface area contributed by atoms with Gasteiger partial charge >= 0.3 is 6.69 Å². The molecule has 0 saturated heterocycles. The molecule has 0 N–H and O–H groups in total. The molecule has 1 aromatic carbocycles. The predicted molar refractivity (Wildman–Crippen MR) is 118 cm³/mol. The zero-order valence-corrected chi connectivity index (χ0v) is 19.7. The van der Waals surface area contributed by atoms with Crippen molar-refractivity contribution in [3.05, 3.63) is 68.4 Å². The Labute approximate surface area is 188 Å². The molecule has 0 spiro atoms. The van der Waals surface area contributed by atoms with Crippen molar-refractivity contribution in [2.24, 2.45) is 0 Å². The van der Waals surface area contributed by atoms with Gasteiger partial charge in [-0.1, -0.05) is 13.8 Å². The number of fused-ring (bicyclic) bond motifs is 2. The number of benzene rings is 1. The Morgan fingerprint density at radius 1 is 0.758 bits per heavy atom. The lowest BCUT2D eigenvalue weighted by molar-refractivity contribution is -0.346. The van der Waals surface area contributed by atoms with Gasteiger partial charge in [0.15, 0.2) is 23.1 Å². The maximum Gasteiger partial charge on any atom is 0.583 e. The van der Waals surface area contributed by atoms with Crippen LogP contribution in [0.2, 0.25) is 0 Å². The fourth-order valence-electron chi connectivity index (χ4n) is 6.07. The minimum Gasteiger partial charge on any atom is -0.423 e. The van der Waals surface area contributed by atoms with Crippen LogP contribution < -0.4 is 5.46 Å². The van der Waals surface area contributed by atoms with Crippen LogP contribution in [-0.2, 0) is 6.42 Å². The molecule has 0 amide bonds. The Morgan fingerprint density at radius 3 is 1.76 bits per heavy atom. The number of allylic oxidation sites excluding steroid dienone is 3. The van der Waals surface area contributed by atoms with Crippen LogP contribution in [0.1, 0.15) is 63.6 Å². The minimum absolute atomic E-state index is 0.394. The van der Waals surface area contributed by atoms with E-state index in [4.69, 9.17) is 0 Å². The molecule has 0 radical (unpaired) electrons. The van der Waals surface area contributed by atoms with Gasteiger partial charge < -0.3 is 13.3 Å². The zero-order valence-electron chi connectivity index (χ0n) is 19.7.